The SMILES string of the molecule is C=NC1=NC(=C)/C(C)=C/NC(C)=NCCCCC(CO)N2CCN(CC2)Cc2cccc(c2)N1. The molecule has 4 rings (SSSR count). The summed E-state index contributed by atoms with van der Waals surface area (Å²) in [5.74, 6) is 1.26. The van der Waals surface area contributed by atoms with E-state index in [1.807, 2.05) is 32.2 Å². The van der Waals surface area contributed by atoms with Gasteiger partial charge in [0, 0.05) is 57.2 Å². The minimum Gasteiger partial charge on any atom is -0.395 e. The van der Waals surface area contributed by atoms with Crippen molar-refractivity contribution in [2.24, 2.45) is 15.0 Å². The third kappa shape index (κ3) is 7.90. The molecule has 8 nitrogen and oxygen atoms in total. The van der Waals surface area contributed by atoms with Gasteiger partial charge in [0.25, 0.3) is 0 Å². The molecule has 1 saturated heterocycles. The van der Waals surface area contributed by atoms with Crippen molar-refractivity contribution in [3.63, 3.8) is 0 Å². The van der Waals surface area contributed by atoms with Gasteiger partial charge < -0.3 is 15.7 Å². The topological polar surface area (TPSA) is 87.8 Å². The van der Waals surface area contributed by atoms with Crippen molar-refractivity contribution >= 4 is 24.2 Å². The summed E-state index contributed by atoms with van der Waals surface area (Å²) in [6, 6.07) is 8.55. The number of amidine groups is 1. The molecule has 4 bridgehead atoms. The van der Waals surface area contributed by atoms with E-state index in [9.17, 15) is 5.11 Å². The van der Waals surface area contributed by atoms with Gasteiger partial charge >= 0.3 is 0 Å². The van der Waals surface area contributed by atoms with Crippen molar-refractivity contribution in [2.75, 3.05) is 44.6 Å². The molecule has 3 heterocycles. The van der Waals surface area contributed by atoms with Crippen LogP contribution < -0.4 is 10.6 Å². The maximum Gasteiger partial charge on any atom is 0.227 e. The van der Waals surface area contributed by atoms with E-state index in [-0.39, 0.29) is 12.6 Å². The maximum atomic E-state index is 9.96. The molecule has 3 aliphatic heterocycles. The third-order valence-corrected chi connectivity index (χ3v) is 6.36. The Morgan fingerprint density at radius 3 is 2.71 bits per heavy atom. The molecule has 1 fully saturated rings. The van der Waals surface area contributed by atoms with Gasteiger partial charge in [-0.15, -0.1) is 0 Å². The number of piperazine rings is 1. The number of aliphatic hydroxyl groups excluding tert-OH is 1. The molecule has 0 aliphatic carbocycles. The van der Waals surface area contributed by atoms with Crippen LogP contribution in [-0.4, -0.2) is 78.8 Å². The lowest BCUT2D eigenvalue weighted by atomic mass is 10.1. The molecule has 0 amide bonds. The van der Waals surface area contributed by atoms with Gasteiger partial charge in [-0.25, -0.2) is 9.98 Å². The van der Waals surface area contributed by atoms with Crippen LogP contribution >= 0.6 is 0 Å². The predicted octanol–water partition coefficient (Wildman–Crippen LogP) is 3.24. The zero-order valence-electron chi connectivity index (χ0n) is 20.6. The monoisotopic (exact) mass is 465 g/mol. The number of aliphatic imine (C=N–C) groups is 3. The standard InChI is InChI=1S/C26H39N7O/c1-20-17-29-22(3)28-11-6-5-10-25(19-34)33-14-12-32(13-15-33)18-23-8-7-9-24(16-23)31-26(27-4)30-21(20)2/h7-9,16-17,25,34H,2,4-6,10-15,18-19H2,1,3H3,(H,28,29)(H,30,31)/b20-17+. The highest BCUT2D eigenvalue weighted by atomic mass is 16.3. The van der Waals surface area contributed by atoms with Crippen LogP contribution in [0.25, 0.3) is 0 Å². The van der Waals surface area contributed by atoms with E-state index in [1.165, 1.54) is 5.56 Å². The molecule has 0 radical (unpaired) electrons. The van der Waals surface area contributed by atoms with Crippen molar-refractivity contribution in [1.82, 2.24) is 15.1 Å². The first kappa shape index (κ1) is 25.8. The quantitative estimate of drug-likeness (QED) is 0.554. The Labute approximate surface area is 203 Å². The fourth-order valence-corrected chi connectivity index (χ4v) is 4.21. The molecular weight excluding hydrogens is 426 g/mol. The molecular formula is C26H39N7O. The normalized spacial score (nSPS) is 27.0. The van der Waals surface area contributed by atoms with Crippen molar-refractivity contribution < 1.29 is 5.11 Å². The average Bonchev–Trinajstić information content (AvgIpc) is 2.84. The second kappa shape index (κ2) is 13.2. The summed E-state index contributed by atoms with van der Waals surface area (Å²) < 4.78 is 0. The smallest absolute Gasteiger partial charge is 0.227 e. The van der Waals surface area contributed by atoms with Gasteiger partial charge in [-0.2, -0.15) is 0 Å². The number of nitrogens with zero attached hydrogens (tertiary/aromatic N) is 5. The molecule has 0 saturated carbocycles. The number of guanidine groups is 1. The summed E-state index contributed by atoms with van der Waals surface area (Å²) in [6.07, 6.45) is 4.92. The van der Waals surface area contributed by atoms with Crippen LogP contribution in [0, 0.1) is 0 Å². The number of anilines is 1. The number of nitrogens with one attached hydrogen (secondary N) is 2. The summed E-state index contributed by atoms with van der Waals surface area (Å²) >= 11 is 0. The van der Waals surface area contributed by atoms with E-state index in [2.05, 4.69) is 60.8 Å². The Morgan fingerprint density at radius 1 is 1.18 bits per heavy atom. The predicted molar refractivity (Wildman–Crippen MR) is 143 cm³/mol. The Hall–Kier alpha value is -2.81. The largest absolute Gasteiger partial charge is 0.395 e. The summed E-state index contributed by atoms with van der Waals surface area (Å²) in [6.45, 7) is 17.4. The molecule has 1 aromatic carbocycles. The van der Waals surface area contributed by atoms with Crippen LogP contribution in [0.15, 0.2) is 63.3 Å². The van der Waals surface area contributed by atoms with Gasteiger partial charge in [0.1, 0.15) is 0 Å². The van der Waals surface area contributed by atoms with Crippen LogP contribution in [0.3, 0.4) is 0 Å². The molecule has 1 unspecified atom stereocenters. The summed E-state index contributed by atoms with van der Waals surface area (Å²) in [5.41, 5.74) is 3.63. The zero-order valence-corrected chi connectivity index (χ0v) is 20.6. The first-order valence-electron chi connectivity index (χ1n) is 12.1. The van der Waals surface area contributed by atoms with Crippen molar-refractivity contribution in [1.29, 1.82) is 0 Å². The molecule has 3 N–H and O–H groups in total. The van der Waals surface area contributed by atoms with Gasteiger partial charge in [-0.1, -0.05) is 18.7 Å². The summed E-state index contributed by atoms with van der Waals surface area (Å²) in [7, 11) is 0. The first-order chi connectivity index (χ1) is 16.5. The highest BCUT2D eigenvalue weighted by Gasteiger charge is 2.23. The van der Waals surface area contributed by atoms with E-state index in [1.54, 1.807) is 0 Å². The van der Waals surface area contributed by atoms with E-state index in [0.717, 1.165) is 75.6 Å². The second-order valence-electron chi connectivity index (χ2n) is 8.95. The van der Waals surface area contributed by atoms with Crippen molar-refractivity contribution in [3.05, 3.63) is 53.9 Å². The van der Waals surface area contributed by atoms with Gasteiger partial charge in [0.05, 0.1) is 18.1 Å². The van der Waals surface area contributed by atoms with E-state index in [4.69, 9.17) is 0 Å². The van der Waals surface area contributed by atoms with Gasteiger partial charge in [-0.3, -0.25) is 14.8 Å². The number of aliphatic hydroxyl groups is 1. The lowest BCUT2D eigenvalue weighted by molar-refractivity contribution is 0.0576. The molecule has 1 atom stereocenters. The highest BCUT2D eigenvalue weighted by molar-refractivity contribution is 5.97. The Balaban J connectivity index is 1.79. The number of hydrogen-bond acceptors (Lipinski definition) is 8. The molecule has 1 aromatic rings. The first-order valence-corrected chi connectivity index (χ1v) is 12.1. The highest BCUT2D eigenvalue weighted by Crippen LogP contribution is 2.17. The molecule has 3 aliphatic rings. The van der Waals surface area contributed by atoms with Crippen LogP contribution in [0.1, 0.15) is 38.7 Å². The Morgan fingerprint density at radius 2 is 1.97 bits per heavy atom. The summed E-state index contributed by atoms with van der Waals surface area (Å²) in [4.78, 5) is 18.1. The number of benzene rings is 1. The van der Waals surface area contributed by atoms with Gasteiger partial charge in [0.2, 0.25) is 5.96 Å². The fraction of sp³-hybridized carbons (Fsp3) is 0.500. The molecule has 34 heavy (non-hydrogen) atoms. The zero-order chi connectivity index (χ0) is 24.3. The Bertz CT molecular complexity index is 929. The van der Waals surface area contributed by atoms with E-state index >= 15 is 0 Å². The average molecular weight is 466 g/mol. The second-order valence-corrected chi connectivity index (χ2v) is 8.95. The lowest BCUT2D eigenvalue weighted by Gasteiger charge is -2.38. The number of fused-ring (bicyclic) bond motifs is 12. The van der Waals surface area contributed by atoms with E-state index in [0.29, 0.717) is 11.7 Å². The molecule has 8 heteroatoms. The number of hydrogen-bond donors (Lipinski definition) is 3. The van der Waals surface area contributed by atoms with Crippen molar-refractivity contribution in [2.45, 2.75) is 45.7 Å². The lowest BCUT2D eigenvalue weighted by Crippen LogP contribution is -2.51. The molecule has 0 aromatic heterocycles. The van der Waals surface area contributed by atoms with Crippen LogP contribution in [0.2, 0.25) is 0 Å². The number of rotatable bonds is 1. The van der Waals surface area contributed by atoms with Crippen LogP contribution in [0.4, 0.5) is 5.69 Å². The van der Waals surface area contributed by atoms with Crippen molar-refractivity contribution in [3.8, 4) is 0 Å². The molecule has 0 spiro atoms. The fourth-order valence-electron chi connectivity index (χ4n) is 4.21. The maximum absolute atomic E-state index is 9.96. The number of allylic oxidation sites excluding steroid dienone is 1. The minimum absolute atomic E-state index is 0.215. The Kier molecular flexibility index (Phi) is 10.00. The van der Waals surface area contributed by atoms with Crippen LogP contribution in [-0.2, 0) is 6.54 Å². The minimum atomic E-state index is 0.215. The van der Waals surface area contributed by atoms with E-state index < -0.39 is 0 Å². The third-order valence-electron chi connectivity index (χ3n) is 6.36. The summed E-state index contributed by atoms with van der Waals surface area (Å²) in [5, 5.41) is 16.4. The van der Waals surface area contributed by atoms with Gasteiger partial charge in [-0.05, 0) is 63.1 Å². The van der Waals surface area contributed by atoms with Crippen LogP contribution in [0.5, 0.6) is 0 Å². The molecule has 184 valence electrons. The van der Waals surface area contributed by atoms with Gasteiger partial charge in [0.15, 0.2) is 0 Å².